The summed E-state index contributed by atoms with van der Waals surface area (Å²) in [5, 5.41) is 2.51. The lowest BCUT2D eigenvalue weighted by molar-refractivity contribution is 0.102. The lowest BCUT2D eigenvalue weighted by Crippen LogP contribution is -2.33. The molecule has 0 aliphatic carbocycles. The first-order valence-electron chi connectivity index (χ1n) is 7.86. The maximum Gasteiger partial charge on any atom is 0.274 e. The predicted molar refractivity (Wildman–Crippen MR) is 87.0 cm³/mol. The van der Waals surface area contributed by atoms with Crippen molar-refractivity contribution in [3.8, 4) is 0 Å². The number of carbonyl (C=O) groups is 1. The van der Waals surface area contributed by atoms with Crippen LogP contribution in [0, 0.1) is 17.6 Å². The minimum Gasteiger partial charge on any atom is -0.356 e. The Bertz CT molecular complexity index is 745. The van der Waals surface area contributed by atoms with Crippen molar-refractivity contribution in [2.45, 2.75) is 19.8 Å². The first kappa shape index (κ1) is 16.3. The summed E-state index contributed by atoms with van der Waals surface area (Å²) in [5.41, 5.74) is 0.356. The SMILES string of the molecule is CC1CCN(c2cc(C(=O)Nc3ccc(F)c(F)c3)ncn2)CC1. The number of amides is 1. The highest BCUT2D eigenvalue weighted by Gasteiger charge is 2.18. The standard InChI is InChI=1S/C17H18F2N4O/c1-11-4-6-23(7-5-11)16-9-15(20-10-21-16)17(24)22-12-2-3-13(18)14(19)8-12/h2-3,8-11H,4-7H2,1H3,(H,22,24). The molecule has 3 rings (SSSR count). The molecule has 1 aliphatic heterocycles. The Kier molecular flexibility index (Phi) is 4.69. The maximum atomic E-state index is 13.2. The Morgan fingerprint density at radius 1 is 1.17 bits per heavy atom. The van der Waals surface area contributed by atoms with Crippen molar-refractivity contribution in [2.75, 3.05) is 23.3 Å². The van der Waals surface area contributed by atoms with Gasteiger partial charge in [0, 0.05) is 30.9 Å². The molecular weight excluding hydrogens is 314 g/mol. The van der Waals surface area contributed by atoms with E-state index in [-0.39, 0.29) is 11.4 Å². The summed E-state index contributed by atoms with van der Waals surface area (Å²) in [5.74, 6) is -1.07. The monoisotopic (exact) mass is 332 g/mol. The van der Waals surface area contributed by atoms with Crippen LogP contribution in [0.15, 0.2) is 30.6 Å². The summed E-state index contributed by atoms with van der Waals surface area (Å²) in [6.45, 7) is 4.00. The van der Waals surface area contributed by atoms with Gasteiger partial charge in [0.25, 0.3) is 5.91 Å². The van der Waals surface area contributed by atoms with Crippen LogP contribution in [-0.2, 0) is 0 Å². The van der Waals surface area contributed by atoms with Crippen LogP contribution in [0.1, 0.15) is 30.3 Å². The van der Waals surface area contributed by atoms with E-state index in [9.17, 15) is 13.6 Å². The van der Waals surface area contributed by atoms with Crippen molar-refractivity contribution in [1.29, 1.82) is 0 Å². The Morgan fingerprint density at radius 2 is 1.92 bits per heavy atom. The highest BCUT2D eigenvalue weighted by Crippen LogP contribution is 2.21. The zero-order valence-corrected chi connectivity index (χ0v) is 13.3. The molecule has 1 amide bonds. The summed E-state index contributed by atoms with van der Waals surface area (Å²) < 4.78 is 26.1. The molecule has 0 atom stereocenters. The van der Waals surface area contributed by atoms with Crippen LogP contribution < -0.4 is 10.2 Å². The zero-order chi connectivity index (χ0) is 17.1. The normalized spacial score (nSPS) is 15.4. The van der Waals surface area contributed by atoms with Gasteiger partial charge in [-0.05, 0) is 30.9 Å². The number of hydrogen-bond acceptors (Lipinski definition) is 4. The van der Waals surface area contributed by atoms with Crippen LogP contribution in [0.4, 0.5) is 20.3 Å². The number of nitrogens with zero attached hydrogens (tertiary/aromatic N) is 3. The third-order valence-electron chi connectivity index (χ3n) is 4.17. The van der Waals surface area contributed by atoms with Gasteiger partial charge in [-0.2, -0.15) is 0 Å². The van der Waals surface area contributed by atoms with Crippen LogP contribution in [-0.4, -0.2) is 29.0 Å². The van der Waals surface area contributed by atoms with Gasteiger partial charge in [-0.25, -0.2) is 18.7 Å². The minimum absolute atomic E-state index is 0.172. The second-order valence-corrected chi connectivity index (χ2v) is 6.01. The number of anilines is 2. The molecular formula is C17H18F2N4O. The van der Waals surface area contributed by atoms with E-state index in [1.165, 1.54) is 12.4 Å². The summed E-state index contributed by atoms with van der Waals surface area (Å²) in [6, 6.07) is 4.81. The fourth-order valence-electron chi connectivity index (χ4n) is 2.65. The quantitative estimate of drug-likeness (QED) is 0.937. The first-order valence-corrected chi connectivity index (χ1v) is 7.86. The van der Waals surface area contributed by atoms with Gasteiger partial charge in [0.15, 0.2) is 11.6 Å². The Morgan fingerprint density at radius 3 is 2.62 bits per heavy atom. The molecule has 1 aromatic heterocycles. The maximum absolute atomic E-state index is 13.2. The molecule has 1 N–H and O–H groups in total. The molecule has 1 aliphatic rings. The highest BCUT2D eigenvalue weighted by molar-refractivity contribution is 6.03. The van der Waals surface area contributed by atoms with Gasteiger partial charge in [0.2, 0.25) is 0 Å². The molecule has 2 heterocycles. The molecule has 5 nitrogen and oxygen atoms in total. The predicted octanol–water partition coefficient (Wildman–Crippen LogP) is 3.24. The van der Waals surface area contributed by atoms with Gasteiger partial charge in [-0.1, -0.05) is 6.92 Å². The lowest BCUT2D eigenvalue weighted by atomic mass is 9.99. The summed E-state index contributed by atoms with van der Waals surface area (Å²) in [7, 11) is 0. The van der Waals surface area contributed by atoms with Crippen LogP contribution >= 0.6 is 0 Å². The van der Waals surface area contributed by atoms with E-state index in [1.807, 2.05) is 0 Å². The molecule has 0 bridgehead atoms. The van der Waals surface area contributed by atoms with Gasteiger partial charge < -0.3 is 10.2 Å². The van der Waals surface area contributed by atoms with E-state index in [2.05, 4.69) is 27.1 Å². The van der Waals surface area contributed by atoms with Gasteiger partial charge in [-0.3, -0.25) is 4.79 Å². The number of hydrogen-bond donors (Lipinski definition) is 1. The molecule has 2 aromatic rings. The van der Waals surface area contributed by atoms with Crippen molar-refractivity contribution < 1.29 is 13.6 Å². The number of carbonyl (C=O) groups excluding carboxylic acids is 1. The van der Waals surface area contributed by atoms with Crippen LogP contribution in [0.2, 0.25) is 0 Å². The number of piperidine rings is 1. The van der Waals surface area contributed by atoms with E-state index in [4.69, 9.17) is 0 Å². The fraction of sp³-hybridized carbons (Fsp3) is 0.353. The molecule has 1 aromatic carbocycles. The van der Waals surface area contributed by atoms with Crippen molar-refractivity contribution in [2.24, 2.45) is 5.92 Å². The molecule has 0 saturated carbocycles. The van der Waals surface area contributed by atoms with Crippen LogP contribution in [0.5, 0.6) is 0 Å². The van der Waals surface area contributed by atoms with Gasteiger partial charge >= 0.3 is 0 Å². The Balaban J connectivity index is 1.73. The lowest BCUT2D eigenvalue weighted by Gasteiger charge is -2.31. The van der Waals surface area contributed by atoms with Crippen LogP contribution in [0.3, 0.4) is 0 Å². The third-order valence-corrected chi connectivity index (χ3v) is 4.17. The van der Waals surface area contributed by atoms with E-state index in [1.54, 1.807) is 6.07 Å². The van der Waals surface area contributed by atoms with Gasteiger partial charge in [0.1, 0.15) is 17.8 Å². The van der Waals surface area contributed by atoms with Crippen molar-refractivity contribution in [3.63, 3.8) is 0 Å². The molecule has 7 heteroatoms. The number of benzene rings is 1. The number of rotatable bonds is 3. The minimum atomic E-state index is -1.02. The highest BCUT2D eigenvalue weighted by atomic mass is 19.2. The van der Waals surface area contributed by atoms with Crippen LogP contribution in [0.25, 0.3) is 0 Å². The summed E-state index contributed by atoms with van der Waals surface area (Å²) >= 11 is 0. The number of aromatic nitrogens is 2. The van der Waals surface area contributed by atoms with E-state index < -0.39 is 17.5 Å². The van der Waals surface area contributed by atoms with Gasteiger partial charge in [0.05, 0.1) is 0 Å². The van der Waals surface area contributed by atoms with E-state index >= 15 is 0 Å². The molecule has 1 saturated heterocycles. The van der Waals surface area contributed by atoms with Crippen molar-refractivity contribution >= 4 is 17.4 Å². The summed E-state index contributed by atoms with van der Waals surface area (Å²) in [6.07, 6.45) is 3.51. The molecule has 0 spiro atoms. The number of halogens is 2. The third kappa shape index (κ3) is 3.67. The van der Waals surface area contributed by atoms with E-state index in [0.717, 1.165) is 38.1 Å². The van der Waals surface area contributed by atoms with Crippen molar-refractivity contribution in [3.05, 3.63) is 47.9 Å². The summed E-state index contributed by atoms with van der Waals surface area (Å²) in [4.78, 5) is 22.6. The fourth-order valence-corrected chi connectivity index (χ4v) is 2.65. The zero-order valence-electron chi connectivity index (χ0n) is 13.3. The molecule has 0 radical (unpaired) electrons. The second kappa shape index (κ2) is 6.90. The van der Waals surface area contributed by atoms with Gasteiger partial charge in [-0.15, -0.1) is 0 Å². The molecule has 1 fully saturated rings. The Hall–Kier alpha value is -2.57. The largest absolute Gasteiger partial charge is 0.356 e. The first-order chi connectivity index (χ1) is 11.5. The molecule has 0 unspecified atom stereocenters. The van der Waals surface area contributed by atoms with Crippen molar-refractivity contribution in [1.82, 2.24) is 9.97 Å². The molecule has 126 valence electrons. The average molecular weight is 332 g/mol. The molecule has 24 heavy (non-hydrogen) atoms. The number of nitrogens with one attached hydrogen (secondary N) is 1. The topological polar surface area (TPSA) is 58.1 Å². The second-order valence-electron chi connectivity index (χ2n) is 6.01. The average Bonchev–Trinajstić information content (AvgIpc) is 2.59. The Labute approximate surface area is 138 Å². The van der Waals surface area contributed by atoms with E-state index in [0.29, 0.717) is 11.7 Å². The smallest absolute Gasteiger partial charge is 0.274 e.